The summed E-state index contributed by atoms with van der Waals surface area (Å²) in [6.45, 7) is -0.580. The molecule has 106 valence electrons. The Kier molecular flexibility index (Phi) is 4.89. The van der Waals surface area contributed by atoms with E-state index >= 15 is 0 Å². The minimum Gasteiger partial charge on any atom is -0.330 e. The van der Waals surface area contributed by atoms with Gasteiger partial charge in [-0.15, -0.1) is 0 Å². The van der Waals surface area contributed by atoms with Crippen molar-refractivity contribution in [1.29, 1.82) is 0 Å². The lowest BCUT2D eigenvalue weighted by molar-refractivity contribution is -0.140. The molecule has 0 saturated heterocycles. The molecule has 1 aromatic carbocycles. The highest BCUT2D eigenvalue weighted by atomic mass is 79.9. The van der Waals surface area contributed by atoms with Crippen LogP contribution in [0.1, 0.15) is 17.3 Å². The van der Waals surface area contributed by atoms with E-state index < -0.39 is 35.8 Å². The topological polar surface area (TPSA) is 20.3 Å². The fraction of sp³-hybridized carbons (Fsp3) is 0.364. The number of benzene rings is 1. The van der Waals surface area contributed by atoms with Gasteiger partial charge in [-0.3, -0.25) is 4.79 Å². The molecule has 0 unspecified atom stereocenters. The molecule has 0 spiro atoms. The predicted molar refractivity (Wildman–Crippen MR) is 61.7 cm³/mol. The highest BCUT2D eigenvalue weighted by molar-refractivity contribution is 9.10. The second-order valence-corrected chi connectivity index (χ2v) is 4.59. The van der Waals surface area contributed by atoms with Crippen LogP contribution in [0.2, 0.25) is 0 Å². The quantitative estimate of drug-likeness (QED) is 0.764. The summed E-state index contributed by atoms with van der Waals surface area (Å²) in [6, 6.07) is 1.63. The molecule has 0 aromatic heterocycles. The van der Waals surface area contributed by atoms with Crippen LogP contribution in [-0.2, 0) is 0 Å². The van der Waals surface area contributed by atoms with E-state index in [0.717, 1.165) is 12.1 Å². The average Bonchev–Trinajstić information content (AvgIpc) is 2.22. The zero-order chi connectivity index (χ0) is 14.8. The van der Waals surface area contributed by atoms with Crippen LogP contribution in [0.3, 0.4) is 0 Å². The maximum atomic E-state index is 13.5. The molecule has 1 aromatic rings. The lowest BCUT2D eigenvalue weighted by atomic mass is 10.1. The van der Waals surface area contributed by atoms with E-state index in [9.17, 15) is 26.7 Å². The number of hydrogen-bond donors (Lipinski definition) is 0. The first kappa shape index (κ1) is 15.9. The Balaban J connectivity index is 3.11. The van der Waals surface area contributed by atoms with Crippen LogP contribution in [-0.4, -0.2) is 30.1 Å². The molecule has 0 saturated carbocycles. The van der Waals surface area contributed by atoms with Gasteiger partial charge < -0.3 is 4.90 Å². The van der Waals surface area contributed by atoms with Gasteiger partial charge in [-0.25, -0.2) is 8.78 Å². The number of nitrogens with zero attached hydrogens (tertiary/aromatic N) is 1. The minimum absolute atomic E-state index is 0.0536. The van der Waals surface area contributed by atoms with Gasteiger partial charge in [0.2, 0.25) is 0 Å². The molecule has 0 aliphatic carbocycles. The molecule has 1 amide bonds. The molecule has 8 heteroatoms. The van der Waals surface area contributed by atoms with Crippen LogP contribution in [0.5, 0.6) is 0 Å². The third-order valence-electron chi connectivity index (χ3n) is 2.26. The summed E-state index contributed by atoms with van der Waals surface area (Å²) in [5, 5.41) is 0. The Morgan fingerprint density at radius 2 is 1.74 bits per heavy atom. The number of rotatable bonds is 3. The standard InChI is InChI=1S/C11H9BrF5NO/c1-2-18(5-11(15,16)17)10(19)9-7(13)3-6(12)4-8(9)14/h3-4H,2,5H2,1H3. The molecule has 0 atom stereocenters. The number of amides is 1. The fourth-order valence-corrected chi connectivity index (χ4v) is 1.85. The van der Waals surface area contributed by atoms with Crippen molar-refractivity contribution in [1.82, 2.24) is 4.90 Å². The molecule has 0 aliphatic heterocycles. The highest BCUT2D eigenvalue weighted by Gasteiger charge is 2.34. The fourth-order valence-electron chi connectivity index (χ4n) is 1.45. The number of halogens is 6. The number of carbonyl (C=O) groups is 1. The third-order valence-corrected chi connectivity index (χ3v) is 2.72. The van der Waals surface area contributed by atoms with Crippen LogP contribution in [0.15, 0.2) is 16.6 Å². The number of alkyl halides is 3. The second kappa shape index (κ2) is 5.85. The Morgan fingerprint density at radius 3 is 2.11 bits per heavy atom. The van der Waals surface area contributed by atoms with Gasteiger partial charge in [0.25, 0.3) is 5.91 Å². The molecule has 19 heavy (non-hydrogen) atoms. The van der Waals surface area contributed by atoms with Crippen molar-refractivity contribution in [2.75, 3.05) is 13.1 Å². The first-order chi connectivity index (χ1) is 8.65. The molecule has 1 rings (SSSR count). The van der Waals surface area contributed by atoms with Crippen LogP contribution in [0.4, 0.5) is 22.0 Å². The first-order valence-electron chi connectivity index (χ1n) is 5.16. The Labute approximate surface area is 114 Å². The zero-order valence-corrected chi connectivity index (χ0v) is 11.3. The monoisotopic (exact) mass is 345 g/mol. The van der Waals surface area contributed by atoms with Gasteiger partial charge in [0.05, 0.1) is 0 Å². The van der Waals surface area contributed by atoms with Gasteiger partial charge in [-0.05, 0) is 19.1 Å². The van der Waals surface area contributed by atoms with Crippen molar-refractivity contribution in [2.24, 2.45) is 0 Å². The molecular weight excluding hydrogens is 337 g/mol. The van der Waals surface area contributed by atoms with Crippen molar-refractivity contribution in [3.8, 4) is 0 Å². The summed E-state index contributed by atoms with van der Waals surface area (Å²) in [7, 11) is 0. The van der Waals surface area contributed by atoms with Gasteiger partial charge >= 0.3 is 6.18 Å². The summed E-state index contributed by atoms with van der Waals surface area (Å²) in [5.41, 5.74) is -0.991. The molecule has 0 radical (unpaired) electrons. The molecule has 0 bridgehead atoms. The van der Waals surface area contributed by atoms with Crippen LogP contribution < -0.4 is 0 Å². The van der Waals surface area contributed by atoms with E-state index in [0.29, 0.717) is 4.90 Å². The Bertz CT molecular complexity index is 465. The smallest absolute Gasteiger partial charge is 0.330 e. The van der Waals surface area contributed by atoms with Crippen LogP contribution in [0, 0.1) is 11.6 Å². The lowest BCUT2D eigenvalue weighted by Crippen LogP contribution is -2.39. The molecule has 2 nitrogen and oxygen atoms in total. The van der Waals surface area contributed by atoms with Crippen molar-refractivity contribution in [3.05, 3.63) is 33.8 Å². The van der Waals surface area contributed by atoms with E-state index in [1.54, 1.807) is 0 Å². The number of hydrogen-bond acceptors (Lipinski definition) is 1. The third kappa shape index (κ3) is 4.15. The van der Waals surface area contributed by atoms with Gasteiger partial charge in [0.1, 0.15) is 23.7 Å². The van der Waals surface area contributed by atoms with Crippen molar-refractivity contribution in [2.45, 2.75) is 13.1 Å². The van der Waals surface area contributed by atoms with E-state index in [1.165, 1.54) is 6.92 Å². The first-order valence-corrected chi connectivity index (χ1v) is 5.95. The van der Waals surface area contributed by atoms with Gasteiger partial charge in [0, 0.05) is 11.0 Å². The summed E-state index contributed by atoms with van der Waals surface area (Å²) in [4.78, 5) is 12.1. The van der Waals surface area contributed by atoms with Crippen molar-refractivity contribution < 1.29 is 26.7 Å². The van der Waals surface area contributed by atoms with Crippen molar-refractivity contribution in [3.63, 3.8) is 0 Å². The maximum absolute atomic E-state index is 13.5. The molecule has 0 fully saturated rings. The maximum Gasteiger partial charge on any atom is 0.406 e. The lowest BCUT2D eigenvalue weighted by Gasteiger charge is -2.22. The van der Waals surface area contributed by atoms with E-state index in [4.69, 9.17) is 0 Å². The predicted octanol–water partition coefficient (Wildman–Crippen LogP) is 3.75. The Hall–Kier alpha value is -1.18. The molecule has 0 aliphatic rings. The summed E-state index contributed by atoms with van der Waals surface area (Å²) in [6.07, 6.45) is -4.63. The zero-order valence-electron chi connectivity index (χ0n) is 9.69. The van der Waals surface area contributed by atoms with E-state index in [-0.39, 0.29) is 11.0 Å². The van der Waals surface area contributed by atoms with Crippen LogP contribution >= 0.6 is 15.9 Å². The van der Waals surface area contributed by atoms with E-state index in [2.05, 4.69) is 15.9 Å². The minimum atomic E-state index is -4.63. The summed E-state index contributed by atoms with van der Waals surface area (Å²) in [5.74, 6) is -3.75. The normalized spacial score (nSPS) is 11.5. The van der Waals surface area contributed by atoms with Gasteiger partial charge in [-0.2, -0.15) is 13.2 Å². The Morgan fingerprint density at radius 1 is 1.26 bits per heavy atom. The number of carbonyl (C=O) groups excluding carboxylic acids is 1. The average molecular weight is 346 g/mol. The molecule has 0 N–H and O–H groups in total. The van der Waals surface area contributed by atoms with Gasteiger partial charge in [-0.1, -0.05) is 15.9 Å². The second-order valence-electron chi connectivity index (χ2n) is 3.68. The molecule has 0 heterocycles. The van der Waals surface area contributed by atoms with Crippen molar-refractivity contribution >= 4 is 21.8 Å². The SMILES string of the molecule is CCN(CC(F)(F)F)C(=O)c1c(F)cc(Br)cc1F. The highest BCUT2D eigenvalue weighted by Crippen LogP contribution is 2.23. The summed E-state index contributed by atoms with van der Waals surface area (Å²) >= 11 is 2.81. The summed E-state index contributed by atoms with van der Waals surface area (Å²) < 4.78 is 63.8. The molecular formula is C11H9BrF5NO. The largest absolute Gasteiger partial charge is 0.406 e. The van der Waals surface area contributed by atoms with Crippen LogP contribution in [0.25, 0.3) is 0 Å². The van der Waals surface area contributed by atoms with E-state index in [1.807, 2.05) is 0 Å². The van der Waals surface area contributed by atoms with Gasteiger partial charge in [0.15, 0.2) is 0 Å².